The molecule has 0 spiro atoms. The first-order valence-corrected chi connectivity index (χ1v) is 13.3. The normalized spacial score (nSPS) is 11.4. The van der Waals surface area contributed by atoms with E-state index in [1.165, 1.54) is 0 Å². The molecule has 0 aliphatic carbocycles. The fourth-order valence-electron chi connectivity index (χ4n) is 2.53. The summed E-state index contributed by atoms with van der Waals surface area (Å²) in [4.78, 5) is 4.58. The molecule has 0 radical (unpaired) electrons. The lowest BCUT2D eigenvalue weighted by Gasteiger charge is -2.16. The van der Waals surface area contributed by atoms with Gasteiger partial charge in [0.25, 0.3) is 0 Å². The molecule has 3 nitrogen and oxygen atoms in total. The highest BCUT2D eigenvalue weighted by molar-refractivity contribution is 6.76. The zero-order valence-corrected chi connectivity index (χ0v) is 18.2. The van der Waals surface area contributed by atoms with Crippen LogP contribution in [-0.2, 0) is 11.5 Å². The molecule has 2 aromatic heterocycles. The van der Waals surface area contributed by atoms with Crippen LogP contribution in [0.3, 0.4) is 0 Å². The van der Waals surface area contributed by atoms with Crippen LogP contribution in [0.4, 0.5) is 0 Å². The van der Waals surface area contributed by atoms with Gasteiger partial charge in [-0.05, 0) is 30.2 Å². The zero-order valence-electron chi connectivity index (χ0n) is 15.7. The molecule has 2 heterocycles. The van der Waals surface area contributed by atoms with E-state index in [0.29, 0.717) is 22.6 Å². The summed E-state index contributed by atoms with van der Waals surface area (Å²) in [6, 6.07) is 14.5. The Morgan fingerprint density at radius 2 is 1.81 bits per heavy atom. The van der Waals surface area contributed by atoms with Gasteiger partial charge in [0.1, 0.15) is 17.6 Å². The van der Waals surface area contributed by atoms with Gasteiger partial charge < -0.3 is 9.30 Å². The van der Waals surface area contributed by atoms with Crippen molar-refractivity contribution >= 4 is 42.3 Å². The molecule has 1 aromatic carbocycles. The van der Waals surface area contributed by atoms with Crippen molar-refractivity contribution < 1.29 is 4.74 Å². The molecule has 0 aliphatic rings. The molecule has 0 atom stereocenters. The number of nitrogens with zero attached hydrogens (tertiary/aromatic N) is 2. The third-order valence-corrected chi connectivity index (χ3v) is 6.41. The standard InChI is InChI=1S/C21H22Cl2N2OSi/c1-27(2,3)12-11-26-15-25-20-13-17(22)18(24-19(20)14-21(25)23)10-9-16-7-5-4-6-8-16/h4-8,13-14H,11-12,15H2,1-3H3. The highest BCUT2D eigenvalue weighted by Crippen LogP contribution is 2.27. The molecule has 0 amide bonds. The van der Waals surface area contributed by atoms with Crippen LogP contribution in [0.1, 0.15) is 11.3 Å². The minimum atomic E-state index is -1.12. The third-order valence-electron chi connectivity index (χ3n) is 4.10. The van der Waals surface area contributed by atoms with Crippen molar-refractivity contribution in [3.05, 3.63) is 63.9 Å². The van der Waals surface area contributed by atoms with Crippen molar-refractivity contribution in [1.82, 2.24) is 9.55 Å². The summed E-state index contributed by atoms with van der Waals surface area (Å²) in [5.74, 6) is 6.13. The number of hydrogen-bond donors (Lipinski definition) is 0. The van der Waals surface area contributed by atoms with Crippen molar-refractivity contribution in [3.63, 3.8) is 0 Å². The van der Waals surface area contributed by atoms with Gasteiger partial charge in [-0.25, -0.2) is 4.98 Å². The van der Waals surface area contributed by atoms with E-state index in [2.05, 4.69) is 36.5 Å². The van der Waals surface area contributed by atoms with Crippen LogP contribution in [0.15, 0.2) is 42.5 Å². The first-order valence-electron chi connectivity index (χ1n) is 8.83. The van der Waals surface area contributed by atoms with E-state index in [4.69, 9.17) is 27.9 Å². The Bertz CT molecular complexity index is 998. The molecule has 3 aromatic rings. The zero-order chi connectivity index (χ0) is 19.4. The number of halogens is 2. The highest BCUT2D eigenvalue weighted by atomic mass is 35.5. The van der Waals surface area contributed by atoms with Gasteiger partial charge in [0.05, 0.1) is 16.1 Å². The van der Waals surface area contributed by atoms with Crippen molar-refractivity contribution in [3.8, 4) is 11.8 Å². The predicted molar refractivity (Wildman–Crippen MR) is 116 cm³/mol. The van der Waals surface area contributed by atoms with Crippen molar-refractivity contribution in [2.75, 3.05) is 6.61 Å². The quantitative estimate of drug-likeness (QED) is 0.287. The number of pyridine rings is 1. The molecule has 0 N–H and O–H groups in total. The van der Waals surface area contributed by atoms with Gasteiger partial charge in [-0.1, -0.05) is 67.0 Å². The van der Waals surface area contributed by atoms with Crippen LogP contribution in [0, 0.1) is 11.8 Å². The van der Waals surface area contributed by atoms with Gasteiger partial charge in [-0.15, -0.1) is 0 Å². The summed E-state index contributed by atoms with van der Waals surface area (Å²) >= 11 is 12.8. The first-order chi connectivity index (χ1) is 12.8. The van der Waals surface area contributed by atoms with Crippen molar-refractivity contribution in [2.24, 2.45) is 0 Å². The molecule has 0 unspecified atom stereocenters. The Hall–Kier alpha value is -1.77. The number of benzene rings is 1. The van der Waals surface area contributed by atoms with Crippen LogP contribution in [0.2, 0.25) is 35.9 Å². The lowest BCUT2D eigenvalue weighted by Crippen LogP contribution is -2.22. The second kappa shape index (κ2) is 8.49. The number of rotatable bonds is 5. The minimum absolute atomic E-state index is 0.389. The molecular formula is C21H22Cl2N2OSi. The fourth-order valence-corrected chi connectivity index (χ4v) is 3.72. The van der Waals surface area contributed by atoms with E-state index in [0.717, 1.165) is 29.2 Å². The summed E-state index contributed by atoms with van der Waals surface area (Å²) in [6.45, 7) is 8.11. The molecule has 0 saturated carbocycles. The molecule has 0 bridgehead atoms. The molecular weight excluding hydrogens is 395 g/mol. The van der Waals surface area contributed by atoms with E-state index in [-0.39, 0.29) is 0 Å². The third kappa shape index (κ3) is 5.37. The van der Waals surface area contributed by atoms with Crippen molar-refractivity contribution in [2.45, 2.75) is 32.4 Å². The maximum Gasteiger partial charge on any atom is 0.132 e. The number of aromatic nitrogens is 2. The minimum Gasteiger partial charge on any atom is -0.361 e. The van der Waals surface area contributed by atoms with E-state index in [1.807, 2.05) is 47.0 Å². The van der Waals surface area contributed by atoms with Crippen LogP contribution >= 0.6 is 23.2 Å². The second-order valence-corrected chi connectivity index (χ2v) is 14.0. The van der Waals surface area contributed by atoms with Crippen LogP contribution in [-0.4, -0.2) is 24.2 Å². The van der Waals surface area contributed by atoms with Crippen molar-refractivity contribution in [1.29, 1.82) is 0 Å². The predicted octanol–water partition coefficient (Wildman–Crippen LogP) is 6.06. The lowest BCUT2D eigenvalue weighted by molar-refractivity contribution is 0.0904. The Kier molecular flexibility index (Phi) is 6.28. The van der Waals surface area contributed by atoms with Crippen LogP contribution in [0.25, 0.3) is 11.0 Å². The molecule has 3 rings (SSSR count). The first kappa shape index (κ1) is 20.0. The molecule has 6 heteroatoms. The Balaban J connectivity index is 1.82. The molecule has 0 fully saturated rings. The molecule has 0 saturated heterocycles. The number of ether oxygens (including phenoxy) is 1. The van der Waals surface area contributed by atoms with Gasteiger partial charge in [-0.3, -0.25) is 0 Å². The summed E-state index contributed by atoms with van der Waals surface area (Å²) in [7, 11) is -1.12. The highest BCUT2D eigenvalue weighted by Gasteiger charge is 2.14. The number of hydrogen-bond acceptors (Lipinski definition) is 2. The maximum absolute atomic E-state index is 6.42. The Morgan fingerprint density at radius 3 is 2.52 bits per heavy atom. The van der Waals surface area contributed by atoms with Crippen LogP contribution in [0.5, 0.6) is 0 Å². The second-order valence-electron chi connectivity index (χ2n) is 7.58. The van der Waals surface area contributed by atoms with E-state index >= 15 is 0 Å². The van der Waals surface area contributed by atoms with Gasteiger partial charge in [-0.2, -0.15) is 0 Å². The lowest BCUT2D eigenvalue weighted by atomic mass is 10.2. The largest absolute Gasteiger partial charge is 0.361 e. The fraction of sp³-hybridized carbons (Fsp3) is 0.286. The van der Waals surface area contributed by atoms with Gasteiger partial charge in [0.2, 0.25) is 0 Å². The van der Waals surface area contributed by atoms with E-state index in [1.54, 1.807) is 0 Å². The topological polar surface area (TPSA) is 27.1 Å². The molecule has 0 aliphatic heterocycles. The average Bonchev–Trinajstić information content (AvgIpc) is 2.91. The summed E-state index contributed by atoms with van der Waals surface area (Å²) in [6.07, 6.45) is 0. The number of fused-ring (bicyclic) bond motifs is 1. The monoisotopic (exact) mass is 416 g/mol. The van der Waals surface area contributed by atoms with Gasteiger partial charge >= 0.3 is 0 Å². The average molecular weight is 417 g/mol. The summed E-state index contributed by atoms with van der Waals surface area (Å²) in [5.41, 5.74) is 3.07. The van der Waals surface area contributed by atoms with Gasteiger partial charge in [0.15, 0.2) is 0 Å². The summed E-state index contributed by atoms with van der Waals surface area (Å²) < 4.78 is 7.72. The smallest absolute Gasteiger partial charge is 0.132 e. The van der Waals surface area contributed by atoms with E-state index < -0.39 is 8.07 Å². The Morgan fingerprint density at radius 1 is 1.07 bits per heavy atom. The SMILES string of the molecule is C[Si](C)(C)CCOCn1c(Cl)cc2nc(C#Cc3ccccc3)c(Cl)cc21. The molecule has 140 valence electrons. The van der Waals surface area contributed by atoms with Crippen LogP contribution < -0.4 is 0 Å². The summed E-state index contributed by atoms with van der Waals surface area (Å²) in [5, 5.41) is 1.08. The van der Waals surface area contributed by atoms with Gasteiger partial charge in [0, 0.05) is 26.3 Å². The maximum atomic E-state index is 6.42. The van der Waals surface area contributed by atoms with E-state index in [9.17, 15) is 0 Å². The Labute approximate surface area is 171 Å². The molecule has 27 heavy (non-hydrogen) atoms.